The van der Waals surface area contributed by atoms with Crippen LogP contribution in [0.5, 0.6) is 0 Å². The Labute approximate surface area is 103 Å². The monoisotopic (exact) mass is 228 g/mol. The highest BCUT2D eigenvalue weighted by Gasteiger charge is 2.14. The third-order valence-electron chi connectivity index (χ3n) is 3.25. The topological polar surface area (TPSA) is 17.8 Å². The first-order valence-electron chi connectivity index (χ1n) is 6.28. The summed E-state index contributed by atoms with van der Waals surface area (Å²) in [5.41, 5.74) is 1.42. The summed E-state index contributed by atoms with van der Waals surface area (Å²) in [4.78, 5) is 4.14. The highest BCUT2D eigenvalue weighted by atomic mass is 15.1. The van der Waals surface area contributed by atoms with Gasteiger partial charge in [0, 0.05) is 18.4 Å². The highest BCUT2D eigenvalue weighted by Crippen LogP contribution is 2.23. The first kappa shape index (κ1) is 11.9. The van der Waals surface area contributed by atoms with Crippen LogP contribution in [0, 0.1) is 5.92 Å². The number of rotatable bonds is 5. The lowest BCUT2D eigenvalue weighted by Crippen LogP contribution is -2.14. The van der Waals surface area contributed by atoms with Crippen molar-refractivity contribution in [3.05, 3.63) is 54.6 Å². The van der Waals surface area contributed by atoms with Gasteiger partial charge in [-0.2, -0.15) is 0 Å². The molecule has 1 aromatic heterocycles. The van der Waals surface area contributed by atoms with Crippen molar-refractivity contribution in [1.82, 2.24) is 9.55 Å². The van der Waals surface area contributed by atoms with Crippen LogP contribution in [0.4, 0.5) is 0 Å². The Kier molecular flexibility index (Phi) is 3.97. The Balaban J connectivity index is 2.00. The number of hydrogen-bond donors (Lipinski definition) is 0. The summed E-state index contributed by atoms with van der Waals surface area (Å²) in [7, 11) is 0. The number of imidazole rings is 1. The van der Waals surface area contributed by atoms with Gasteiger partial charge in [0.1, 0.15) is 0 Å². The summed E-state index contributed by atoms with van der Waals surface area (Å²) in [6.07, 6.45) is 8.14. The Hall–Kier alpha value is -1.57. The first-order valence-corrected chi connectivity index (χ1v) is 6.28. The molecule has 0 fully saturated rings. The van der Waals surface area contributed by atoms with E-state index in [2.05, 4.69) is 59.9 Å². The second-order valence-corrected chi connectivity index (χ2v) is 4.85. The second-order valence-electron chi connectivity index (χ2n) is 4.85. The Morgan fingerprint density at radius 2 is 1.94 bits per heavy atom. The molecule has 0 spiro atoms. The molecule has 0 amide bonds. The molecule has 0 aliphatic heterocycles. The van der Waals surface area contributed by atoms with E-state index in [1.165, 1.54) is 5.56 Å². The molecule has 1 atom stereocenters. The smallest absolute Gasteiger partial charge is 0.0948 e. The number of aryl methyl sites for hydroxylation is 1. The molecule has 17 heavy (non-hydrogen) atoms. The number of hydrogen-bond acceptors (Lipinski definition) is 1. The molecular weight excluding hydrogens is 208 g/mol. The molecule has 90 valence electrons. The Morgan fingerprint density at radius 1 is 1.18 bits per heavy atom. The van der Waals surface area contributed by atoms with Crippen molar-refractivity contribution in [3.8, 4) is 0 Å². The third-order valence-corrected chi connectivity index (χ3v) is 3.25. The van der Waals surface area contributed by atoms with Crippen molar-refractivity contribution in [2.24, 2.45) is 5.92 Å². The largest absolute Gasteiger partial charge is 0.334 e. The second kappa shape index (κ2) is 5.67. The Morgan fingerprint density at radius 3 is 2.53 bits per heavy atom. The molecule has 2 rings (SSSR count). The van der Waals surface area contributed by atoms with Crippen LogP contribution in [0.3, 0.4) is 0 Å². The lowest BCUT2D eigenvalue weighted by Gasteiger charge is -2.22. The molecule has 0 aliphatic rings. The minimum absolute atomic E-state index is 0.540. The van der Waals surface area contributed by atoms with Gasteiger partial charge < -0.3 is 4.57 Å². The van der Waals surface area contributed by atoms with Crippen LogP contribution >= 0.6 is 0 Å². The van der Waals surface area contributed by atoms with E-state index in [0.717, 1.165) is 12.8 Å². The molecule has 0 bridgehead atoms. The van der Waals surface area contributed by atoms with E-state index in [1.807, 2.05) is 12.5 Å². The van der Waals surface area contributed by atoms with Gasteiger partial charge in [0.05, 0.1) is 6.33 Å². The molecule has 2 heteroatoms. The van der Waals surface area contributed by atoms with Crippen LogP contribution in [-0.4, -0.2) is 9.55 Å². The van der Waals surface area contributed by atoms with Crippen molar-refractivity contribution in [3.63, 3.8) is 0 Å². The van der Waals surface area contributed by atoms with E-state index in [9.17, 15) is 0 Å². The van der Waals surface area contributed by atoms with Gasteiger partial charge in [0.15, 0.2) is 0 Å². The van der Waals surface area contributed by atoms with Crippen LogP contribution in [0.15, 0.2) is 49.1 Å². The lowest BCUT2D eigenvalue weighted by molar-refractivity contribution is 0.353. The van der Waals surface area contributed by atoms with Crippen molar-refractivity contribution in [1.29, 1.82) is 0 Å². The normalized spacial score (nSPS) is 12.9. The van der Waals surface area contributed by atoms with Crippen molar-refractivity contribution >= 4 is 0 Å². The highest BCUT2D eigenvalue weighted by molar-refractivity contribution is 5.14. The maximum absolute atomic E-state index is 4.14. The molecule has 0 saturated carbocycles. The maximum Gasteiger partial charge on any atom is 0.0948 e. The molecule has 0 saturated heterocycles. The Bertz CT molecular complexity index is 417. The van der Waals surface area contributed by atoms with Gasteiger partial charge in [0.2, 0.25) is 0 Å². The number of nitrogens with zero attached hydrogens (tertiary/aromatic N) is 2. The van der Waals surface area contributed by atoms with E-state index >= 15 is 0 Å². The summed E-state index contributed by atoms with van der Waals surface area (Å²) in [6, 6.07) is 11.2. The van der Waals surface area contributed by atoms with Gasteiger partial charge >= 0.3 is 0 Å². The molecule has 1 aromatic carbocycles. The fourth-order valence-corrected chi connectivity index (χ4v) is 2.25. The van der Waals surface area contributed by atoms with E-state index in [-0.39, 0.29) is 0 Å². The molecular formula is C15H20N2. The molecule has 2 aromatic rings. The van der Waals surface area contributed by atoms with Gasteiger partial charge in [-0.15, -0.1) is 0 Å². The van der Waals surface area contributed by atoms with Gasteiger partial charge in [0.25, 0.3) is 0 Å². The SMILES string of the molecule is CC(C)C(CCc1ccccc1)n1ccnc1. The van der Waals surface area contributed by atoms with E-state index < -0.39 is 0 Å². The summed E-state index contributed by atoms with van der Waals surface area (Å²) >= 11 is 0. The minimum Gasteiger partial charge on any atom is -0.334 e. The molecule has 0 aliphatic carbocycles. The maximum atomic E-state index is 4.14. The zero-order chi connectivity index (χ0) is 12.1. The van der Waals surface area contributed by atoms with Crippen molar-refractivity contribution in [2.45, 2.75) is 32.7 Å². The first-order chi connectivity index (χ1) is 8.27. The third kappa shape index (κ3) is 3.19. The average Bonchev–Trinajstić information content (AvgIpc) is 2.84. The minimum atomic E-state index is 0.540. The van der Waals surface area contributed by atoms with Gasteiger partial charge in [-0.3, -0.25) is 0 Å². The summed E-state index contributed by atoms with van der Waals surface area (Å²) in [6.45, 7) is 4.55. The molecule has 1 unspecified atom stereocenters. The summed E-state index contributed by atoms with van der Waals surface area (Å²) < 4.78 is 2.23. The van der Waals surface area contributed by atoms with Crippen LogP contribution in [0.1, 0.15) is 31.9 Å². The van der Waals surface area contributed by atoms with Gasteiger partial charge in [-0.25, -0.2) is 4.98 Å². The fourth-order valence-electron chi connectivity index (χ4n) is 2.25. The predicted octanol–water partition coefficient (Wildman–Crippen LogP) is 3.71. The van der Waals surface area contributed by atoms with Crippen LogP contribution in [-0.2, 0) is 6.42 Å². The standard InChI is InChI=1S/C15H20N2/c1-13(2)15(17-11-10-16-12-17)9-8-14-6-4-3-5-7-14/h3-7,10-13,15H,8-9H2,1-2H3. The van der Waals surface area contributed by atoms with E-state index in [1.54, 1.807) is 0 Å². The molecule has 1 heterocycles. The van der Waals surface area contributed by atoms with Crippen molar-refractivity contribution in [2.75, 3.05) is 0 Å². The molecule has 0 N–H and O–H groups in total. The number of aromatic nitrogens is 2. The predicted molar refractivity (Wildman–Crippen MR) is 70.9 cm³/mol. The quantitative estimate of drug-likeness (QED) is 0.762. The van der Waals surface area contributed by atoms with Crippen LogP contribution in [0.2, 0.25) is 0 Å². The van der Waals surface area contributed by atoms with Crippen LogP contribution in [0.25, 0.3) is 0 Å². The van der Waals surface area contributed by atoms with E-state index in [0.29, 0.717) is 12.0 Å². The fraction of sp³-hybridized carbons (Fsp3) is 0.400. The average molecular weight is 228 g/mol. The molecule has 0 radical (unpaired) electrons. The number of benzene rings is 1. The lowest BCUT2D eigenvalue weighted by atomic mass is 9.96. The van der Waals surface area contributed by atoms with E-state index in [4.69, 9.17) is 0 Å². The van der Waals surface area contributed by atoms with Crippen LogP contribution < -0.4 is 0 Å². The van der Waals surface area contributed by atoms with Gasteiger partial charge in [-0.1, -0.05) is 44.2 Å². The molecule has 2 nitrogen and oxygen atoms in total. The zero-order valence-corrected chi connectivity index (χ0v) is 10.6. The van der Waals surface area contributed by atoms with Crippen molar-refractivity contribution < 1.29 is 0 Å². The summed E-state index contributed by atoms with van der Waals surface area (Å²) in [5.74, 6) is 0.632. The zero-order valence-electron chi connectivity index (χ0n) is 10.6. The van der Waals surface area contributed by atoms with Gasteiger partial charge in [-0.05, 0) is 24.3 Å². The summed E-state index contributed by atoms with van der Waals surface area (Å²) in [5, 5.41) is 0.